The first-order valence-electron chi connectivity index (χ1n) is 6.63. The molecule has 5 nitrogen and oxygen atoms in total. The van der Waals surface area contributed by atoms with E-state index in [-0.39, 0.29) is 24.2 Å². The monoisotopic (exact) mass is 316 g/mol. The van der Waals surface area contributed by atoms with E-state index in [9.17, 15) is 22.8 Å². The van der Waals surface area contributed by atoms with Gasteiger partial charge >= 0.3 is 12.1 Å². The molecule has 2 heterocycles. The van der Waals surface area contributed by atoms with Crippen LogP contribution in [-0.2, 0) is 0 Å². The maximum Gasteiger partial charge on any atom is 0.394 e. The van der Waals surface area contributed by atoms with Crippen molar-refractivity contribution in [1.82, 2.24) is 9.88 Å². The van der Waals surface area contributed by atoms with Crippen molar-refractivity contribution in [1.29, 1.82) is 0 Å². The van der Waals surface area contributed by atoms with Gasteiger partial charge in [-0.1, -0.05) is 0 Å². The Balaban J connectivity index is 2.31. The number of nitrogens with zero attached hydrogens (tertiary/aromatic N) is 2. The quantitative estimate of drug-likeness (QED) is 0.910. The lowest BCUT2D eigenvalue weighted by atomic mass is 9.87. The number of halogens is 3. The molecule has 2 rings (SSSR count). The van der Waals surface area contributed by atoms with Crippen LogP contribution in [0.15, 0.2) is 18.3 Å². The van der Waals surface area contributed by atoms with E-state index >= 15 is 0 Å². The second kappa shape index (κ2) is 5.26. The highest BCUT2D eigenvalue weighted by atomic mass is 19.4. The van der Waals surface area contributed by atoms with E-state index in [1.807, 2.05) is 0 Å². The molecule has 1 N–H and O–H groups in total. The van der Waals surface area contributed by atoms with Crippen LogP contribution in [0.4, 0.5) is 13.2 Å². The van der Waals surface area contributed by atoms with Crippen molar-refractivity contribution >= 4 is 11.9 Å². The van der Waals surface area contributed by atoms with Crippen LogP contribution >= 0.6 is 0 Å². The number of amides is 1. The fourth-order valence-corrected chi connectivity index (χ4v) is 2.85. The number of rotatable bonds is 2. The van der Waals surface area contributed by atoms with Gasteiger partial charge in [0, 0.05) is 23.8 Å². The van der Waals surface area contributed by atoms with Gasteiger partial charge in [-0.3, -0.25) is 4.79 Å². The van der Waals surface area contributed by atoms with Crippen LogP contribution in [0.25, 0.3) is 0 Å². The number of hydrogen-bond acceptors (Lipinski definition) is 3. The number of likely N-dealkylation sites (tertiary alicyclic amines) is 1. The zero-order valence-corrected chi connectivity index (χ0v) is 12.0. The van der Waals surface area contributed by atoms with Gasteiger partial charge in [0.2, 0.25) is 0 Å². The third-order valence-corrected chi connectivity index (χ3v) is 4.06. The first-order valence-corrected chi connectivity index (χ1v) is 6.63. The maximum absolute atomic E-state index is 13.0. The predicted molar refractivity (Wildman–Crippen MR) is 70.5 cm³/mol. The molecule has 1 atom stereocenters. The number of aromatic carboxylic acids is 1. The third kappa shape index (κ3) is 2.77. The number of pyridine rings is 1. The normalized spacial score (nSPS) is 21.0. The van der Waals surface area contributed by atoms with Crippen LogP contribution in [0.3, 0.4) is 0 Å². The van der Waals surface area contributed by atoms with E-state index in [2.05, 4.69) is 4.98 Å². The van der Waals surface area contributed by atoms with Crippen LogP contribution < -0.4 is 0 Å². The molecule has 1 aliphatic heterocycles. The molecule has 0 aromatic carbocycles. The number of carbonyl (C=O) groups is 2. The summed E-state index contributed by atoms with van der Waals surface area (Å²) < 4.78 is 39.1. The lowest BCUT2D eigenvalue weighted by Crippen LogP contribution is -2.49. The lowest BCUT2D eigenvalue weighted by Gasteiger charge is -2.36. The summed E-state index contributed by atoms with van der Waals surface area (Å²) in [6.45, 7) is 2.71. The largest absolute Gasteiger partial charge is 0.477 e. The minimum absolute atomic E-state index is 0.0169. The molecule has 120 valence electrons. The maximum atomic E-state index is 13.0. The van der Waals surface area contributed by atoms with Gasteiger partial charge in [-0.2, -0.15) is 13.2 Å². The van der Waals surface area contributed by atoms with Crippen molar-refractivity contribution in [2.75, 3.05) is 6.54 Å². The van der Waals surface area contributed by atoms with Crippen LogP contribution in [0.2, 0.25) is 0 Å². The molecule has 1 fully saturated rings. The average molecular weight is 316 g/mol. The number of carbonyl (C=O) groups excluding carboxylic acids is 1. The molecule has 8 heteroatoms. The molecule has 1 amide bonds. The van der Waals surface area contributed by atoms with Crippen molar-refractivity contribution in [2.45, 2.75) is 32.0 Å². The van der Waals surface area contributed by atoms with Gasteiger partial charge in [-0.05, 0) is 32.4 Å². The van der Waals surface area contributed by atoms with Crippen LogP contribution in [-0.4, -0.2) is 45.1 Å². The van der Waals surface area contributed by atoms with Gasteiger partial charge in [0.05, 0.1) is 5.92 Å². The van der Waals surface area contributed by atoms with Gasteiger partial charge in [0.15, 0.2) is 0 Å². The zero-order chi connectivity index (χ0) is 16.7. The van der Waals surface area contributed by atoms with Crippen molar-refractivity contribution in [3.05, 3.63) is 29.6 Å². The molecule has 1 aromatic rings. The third-order valence-electron chi connectivity index (χ3n) is 4.06. The van der Waals surface area contributed by atoms with Crippen LogP contribution in [0, 0.1) is 5.92 Å². The SMILES string of the molecule is CC1(C)C(C(F)(F)F)CCN1C(=O)c1ccnc(C(=O)O)c1. The summed E-state index contributed by atoms with van der Waals surface area (Å²) in [6, 6.07) is 2.37. The minimum Gasteiger partial charge on any atom is -0.477 e. The van der Waals surface area contributed by atoms with E-state index in [1.54, 1.807) is 0 Å². The Kier molecular flexibility index (Phi) is 3.88. The highest BCUT2D eigenvalue weighted by molar-refractivity contribution is 5.97. The average Bonchev–Trinajstić information content (AvgIpc) is 2.73. The Morgan fingerprint density at radius 3 is 2.55 bits per heavy atom. The highest BCUT2D eigenvalue weighted by Gasteiger charge is 2.56. The fourth-order valence-electron chi connectivity index (χ4n) is 2.85. The molecular weight excluding hydrogens is 301 g/mol. The summed E-state index contributed by atoms with van der Waals surface area (Å²) in [5.41, 5.74) is -1.69. The summed E-state index contributed by atoms with van der Waals surface area (Å²) in [7, 11) is 0. The molecule has 22 heavy (non-hydrogen) atoms. The molecule has 1 unspecified atom stereocenters. The summed E-state index contributed by atoms with van der Waals surface area (Å²) in [6.07, 6.45) is -3.40. The highest BCUT2D eigenvalue weighted by Crippen LogP contribution is 2.45. The minimum atomic E-state index is -4.39. The Morgan fingerprint density at radius 1 is 1.41 bits per heavy atom. The topological polar surface area (TPSA) is 70.5 Å². The number of carboxylic acids is 1. The first kappa shape index (κ1) is 16.3. The van der Waals surface area contributed by atoms with Gasteiger partial charge < -0.3 is 10.0 Å². The predicted octanol–water partition coefficient (Wildman–Crippen LogP) is 2.58. The fraction of sp³-hybridized carbons (Fsp3) is 0.500. The second-order valence-electron chi connectivity index (χ2n) is 5.73. The van der Waals surface area contributed by atoms with E-state index in [0.29, 0.717) is 0 Å². The Morgan fingerprint density at radius 2 is 2.05 bits per heavy atom. The zero-order valence-electron chi connectivity index (χ0n) is 12.0. The smallest absolute Gasteiger partial charge is 0.394 e. The molecule has 0 aliphatic carbocycles. The lowest BCUT2D eigenvalue weighted by molar-refractivity contribution is -0.189. The molecule has 0 radical (unpaired) electrons. The number of hydrogen-bond donors (Lipinski definition) is 1. The summed E-state index contributed by atoms with van der Waals surface area (Å²) in [5, 5.41) is 8.87. The number of aromatic nitrogens is 1. The molecule has 1 saturated heterocycles. The van der Waals surface area contributed by atoms with E-state index in [1.165, 1.54) is 19.9 Å². The Hall–Kier alpha value is -2.12. The van der Waals surface area contributed by atoms with E-state index in [0.717, 1.165) is 17.2 Å². The van der Waals surface area contributed by atoms with Crippen LogP contribution in [0.1, 0.15) is 41.1 Å². The summed E-state index contributed by atoms with van der Waals surface area (Å²) in [5.74, 6) is -3.53. The van der Waals surface area contributed by atoms with Crippen molar-refractivity contribution in [2.24, 2.45) is 5.92 Å². The van der Waals surface area contributed by atoms with E-state index < -0.39 is 29.5 Å². The van der Waals surface area contributed by atoms with Gasteiger partial charge in [0.25, 0.3) is 5.91 Å². The molecule has 0 spiro atoms. The van der Waals surface area contributed by atoms with Crippen LogP contribution in [0.5, 0.6) is 0 Å². The number of alkyl halides is 3. The van der Waals surface area contributed by atoms with E-state index in [4.69, 9.17) is 5.11 Å². The molecule has 1 aromatic heterocycles. The van der Waals surface area contributed by atoms with Gasteiger partial charge in [0.1, 0.15) is 5.69 Å². The number of carboxylic acid groups (broad SMARTS) is 1. The summed E-state index contributed by atoms with van der Waals surface area (Å²) >= 11 is 0. The van der Waals surface area contributed by atoms with Gasteiger partial charge in [-0.25, -0.2) is 9.78 Å². The van der Waals surface area contributed by atoms with Crippen molar-refractivity contribution in [3.63, 3.8) is 0 Å². The first-order chi connectivity index (χ1) is 10.0. The van der Waals surface area contributed by atoms with Crippen molar-refractivity contribution < 1.29 is 27.9 Å². The molecule has 0 bridgehead atoms. The molecule has 1 aliphatic rings. The van der Waals surface area contributed by atoms with Crippen molar-refractivity contribution in [3.8, 4) is 0 Å². The Labute approximate surface area is 124 Å². The van der Waals surface area contributed by atoms with Gasteiger partial charge in [-0.15, -0.1) is 0 Å². The molecule has 0 saturated carbocycles. The summed E-state index contributed by atoms with van der Waals surface area (Å²) in [4.78, 5) is 28.1. The second-order valence-corrected chi connectivity index (χ2v) is 5.73. The molecular formula is C14H15F3N2O3. The Bertz CT molecular complexity index is 614. The standard InChI is InChI=1S/C14H15F3N2O3/c1-13(2)10(14(15,16)17)4-6-19(13)11(20)8-3-5-18-9(7-8)12(21)22/h3,5,7,10H,4,6H2,1-2H3,(H,21,22).